The van der Waals surface area contributed by atoms with E-state index in [-0.39, 0.29) is 30.1 Å². The second-order valence-electron chi connectivity index (χ2n) is 6.69. The first kappa shape index (κ1) is 19.0. The number of hydrogen-bond donors (Lipinski definition) is 2. The lowest BCUT2D eigenvalue weighted by Gasteiger charge is -2.33. The molecule has 1 fully saturated rings. The number of nitrogens with zero attached hydrogens (tertiary/aromatic N) is 1. The molecule has 0 radical (unpaired) electrons. The van der Waals surface area contributed by atoms with Gasteiger partial charge in [0.1, 0.15) is 0 Å². The van der Waals surface area contributed by atoms with Gasteiger partial charge in [0.2, 0.25) is 11.8 Å². The van der Waals surface area contributed by atoms with Crippen LogP contribution in [0.25, 0.3) is 0 Å². The second kappa shape index (κ2) is 8.65. The zero-order valence-electron chi connectivity index (χ0n) is 14.8. The van der Waals surface area contributed by atoms with Crippen molar-refractivity contribution >= 4 is 23.5 Å². The van der Waals surface area contributed by atoms with Crippen molar-refractivity contribution in [3.63, 3.8) is 0 Å². The molecular formula is C19H26N2O4. The number of likely N-dealkylation sites (tertiary alicyclic amines) is 1. The highest BCUT2D eigenvalue weighted by Gasteiger charge is 2.29. The van der Waals surface area contributed by atoms with Gasteiger partial charge in [-0.25, -0.2) is 0 Å². The summed E-state index contributed by atoms with van der Waals surface area (Å²) in [4.78, 5) is 37.5. The molecule has 0 saturated carbocycles. The van der Waals surface area contributed by atoms with Crippen molar-refractivity contribution in [3.05, 3.63) is 29.8 Å². The van der Waals surface area contributed by atoms with Gasteiger partial charge in [-0.05, 0) is 37.0 Å². The van der Waals surface area contributed by atoms with E-state index in [0.717, 1.165) is 19.3 Å². The quantitative estimate of drug-likeness (QED) is 0.829. The Balaban J connectivity index is 1.98. The predicted octanol–water partition coefficient (Wildman–Crippen LogP) is 2.54. The highest BCUT2D eigenvalue weighted by atomic mass is 16.4. The molecule has 6 nitrogen and oxygen atoms in total. The third-order valence-electron chi connectivity index (χ3n) is 4.69. The zero-order valence-corrected chi connectivity index (χ0v) is 14.8. The second-order valence-corrected chi connectivity index (χ2v) is 6.69. The summed E-state index contributed by atoms with van der Waals surface area (Å²) in [5, 5.41) is 11.7. The number of carboxylic acid groups (broad SMARTS) is 1. The topological polar surface area (TPSA) is 86.7 Å². The molecule has 0 spiro atoms. The van der Waals surface area contributed by atoms with Gasteiger partial charge in [-0.3, -0.25) is 14.4 Å². The van der Waals surface area contributed by atoms with E-state index in [0.29, 0.717) is 24.3 Å². The number of rotatable bonds is 6. The van der Waals surface area contributed by atoms with Crippen LogP contribution in [-0.2, 0) is 20.8 Å². The number of aliphatic carboxylic acids is 1. The fourth-order valence-corrected chi connectivity index (χ4v) is 3.06. The number of hydrogen-bond acceptors (Lipinski definition) is 3. The normalized spacial score (nSPS) is 18.5. The van der Waals surface area contributed by atoms with Gasteiger partial charge in [0, 0.05) is 24.7 Å². The molecule has 2 amide bonds. The maximum Gasteiger partial charge on any atom is 0.307 e. The largest absolute Gasteiger partial charge is 0.481 e. The van der Waals surface area contributed by atoms with Crippen molar-refractivity contribution in [2.75, 3.05) is 18.4 Å². The van der Waals surface area contributed by atoms with Gasteiger partial charge in [0.25, 0.3) is 0 Å². The van der Waals surface area contributed by atoms with Gasteiger partial charge in [-0.2, -0.15) is 0 Å². The predicted molar refractivity (Wildman–Crippen MR) is 95.2 cm³/mol. The molecule has 1 aromatic carbocycles. The fraction of sp³-hybridized carbons (Fsp3) is 0.526. The molecule has 6 heteroatoms. The molecule has 2 N–H and O–H groups in total. The van der Waals surface area contributed by atoms with E-state index < -0.39 is 5.97 Å². The minimum atomic E-state index is -0.907. The maximum absolute atomic E-state index is 12.5. The SMILES string of the molecule is CCC(C)C(=O)N1CCCC(C(=O)Nc2cccc(CC(=O)O)c2)C1. The number of nitrogens with one attached hydrogen (secondary N) is 1. The molecule has 0 bridgehead atoms. The molecule has 2 rings (SSSR count). The van der Waals surface area contributed by atoms with Crippen LogP contribution in [0.3, 0.4) is 0 Å². The third-order valence-corrected chi connectivity index (χ3v) is 4.69. The minimum absolute atomic E-state index is 0.0190. The zero-order chi connectivity index (χ0) is 18.4. The summed E-state index contributed by atoms with van der Waals surface area (Å²) in [6.45, 7) is 5.06. The summed E-state index contributed by atoms with van der Waals surface area (Å²) in [6.07, 6.45) is 2.29. The van der Waals surface area contributed by atoms with E-state index in [1.165, 1.54) is 0 Å². The Labute approximate surface area is 148 Å². The number of carboxylic acids is 1. The fourth-order valence-electron chi connectivity index (χ4n) is 3.06. The van der Waals surface area contributed by atoms with Crippen LogP contribution in [0.2, 0.25) is 0 Å². The Kier molecular flexibility index (Phi) is 6.56. The molecule has 1 saturated heterocycles. The van der Waals surface area contributed by atoms with Crippen LogP contribution in [0.15, 0.2) is 24.3 Å². The standard InChI is InChI=1S/C19H26N2O4/c1-3-13(2)19(25)21-9-5-7-15(12-21)18(24)20-16-8-4-6-14(10-16)11-17(22)23/h4,6,8,10,13,15H,3,5,7,9,11-12H2,1-2H3,(H,20,24)(H,22,23). The molecule has 1 heterocycles. The van der Waals surface area contributed by atoms with Crippen LogP contribution in [0.4, 0.5) is 5.69 Å². The van der Waals surface area contributed by atoms with Gasteiger partial charge in [-0.1, -0.05) is 26.0 Å². The summed E-state index contributed by atoms with van der Waals surface area (Å²) in [7, 11) is 0. The van der Waals surface area contributed by atoms with Crippen molar-refractivity contribution in [3.8, 4) is 0 Å². The van der Waals surface area contributed by atoms with Crippen molar-refractivity contribution in [1.29, 1.82) is 0 Å². The molecule has 0 aliphatic carbocycles. The van der Waals surface area contributed by atoms with Gasteiger partial charge < -0.3 is 15.3 Å². The smallest absolute Gasteiger partial charge is 0.307 e. The number of amides is 2. The van der Waals surface area contributed by atoms with E-state index in [4.69, 9.17) is 5.11 Å². The number of carbonyl (C=O) groups excluding carboxylic acids is 2. The lowest BCUT2D eigenvalue weighted by atomic mass is 9.95. The molecule has 1 aliphatic rings. The molecule has 25 heavy (non-hydrogen) atoms. The van der Waals surface area contributed by atoms with Crippen LogP contribution in [-0.4, -0.2) is 40.9 Å². The first-order valence-electron chi connectivity index (χ1n) is 8.81. The van der Waals surface area contributed by atoms with Crippen LogP contribution in [0, 0.1) is 11.8 Å². The summed E-state index contributed by atoms with van der Waals surface area (Å²) in [5.41, 5.74) is 1.23. The molecule has 0 aromatic heterocycles. The average molecular weight is 346 g/mol. The lowest BCUT2D eigenvalue weighted by molar-refractivity contribution is -0.138. The number of carbonyl (C=O) groups is 3. The highest BCUT2D eigenvalue weighted by molar-refractivity contribution is 5.93. The van der Waals surface area contributed by atoms with Crippen LogP contribution >= 0.6 is 0 Å². The van der Waals surface area contributed by atoms with E-state index >= 15 is 0 Å². The van der Waals surface area contributed by atoms with E-state index in [1.54, 1.807) is 29.2 Å². The van der Waals surface area contributed by atoms with Crippen LogP contribution < -0.4 is 5.32 Å². The third kappa shape index (κ3) is 5.31. The molecular weight excluding hydrogens is 320 g/mol. The molecule has 1 aliphatic heterocycles. The first-order valence-corrected chi connectivity index (χ1v) is 8.81. The van der Waals surface area contributed by atoms with Crippen molar-refractivity contribution in [2.45, 2.75) is 39.5 Å². The first-order chi connectivity index (χ1) is 11.9. The van der Waals surface area contributed by atoms with E-state index in [2.05, 4.69) is 5.32 Å². The summed E-state index contributed by atoms with van der Waals surface area (Å²) in [5.74, 6) is -1.16. The Morgan fingerprint density at radius 2 is 2.12 bits per heavy atom. The number of anilines is 1. The highest BCUT2D eigenvalue weighted by Crippen LogP contribution is 2.21. The Hall–Kier alpha value is -2.37. The Morgan fingerprint density at radius 1 is 1.36 bits per heavy atom. The van der Waals surface area contributed by atoms with Gasteiger partial charge in [0.15, 0.2) is 0 Å². The Bertz CT molecular complexity index is 644. The summed E-state index contributed by atoms with van der Waals surface area (Å²) < 4.78 is 0. The molecule has 2 unspecified atom stereocenters. The number of benzene rings is 1. The van der Waals surface area contributed by atoms with Gasteiger partial charge >= 0.3 is 5.97 Å². The maximum atomic E-state index is 12.5. The van der Waals surface area contributed by atoms with Crippen molar-refractivity contribution in [2.24, 2.45) is 11.8 Å². The lowest BCUT2D eigenvalue weighted by Crippen LogP contribution is -2.45. The molecule has 2 atom stereocenters. The summed E-state index contributed by atoms with van der Waals surface area (Å²) >= 11 is 0. The van der Waals surface area contributed by atoms with E-state index in [9.17, 15) is 14.4 Å². The van der Waals surface area contributed by atoms with Crippen molar-refractivity contribution in [1.82, 2.24) is 4.90 Å². The summed E-state index contributed by atoms with van der Waals surface area (Å²) in [6, 6.07) is 6.87. The number of piperidine rings is 1. The van der Waals surface area contributed by atoms with Crippen LogP contribution in [0.5, 0.6) is 0 Å². The van der Waals surface area contributed by atoms with Gasteiger partial charge in [0.05, 0.1) is 12.3 Å². The minimum Gasteiger partial charge on any atom is -0.481 e. The van der Waals surface area contributed by atoms with E-state index in [1.807, 2.05) is 13.8 Å². The monoisotopic (exact) mass is 346 g/mol. The van der Waals surface area contributed by atoms with Crippen molar-refractivity contribution < 1.29 is 19.5 Å². The molecule has 136 valence electrons. The average Bonchev–Trinajstić information content (AvgIpc) is 2.60. The van der Waals surface area contributed by atoms with Crippen LogP contribution in [0.1, 0.15) is 38.7 Å². The Morgan fingerprint density at radius 3 is 2.80 bits per heavy atom. The molecule has 1 aromatic rings. The van der Waals surface area contributed by atoms with Gasteiger partial charge in [-0.15, -0.1) is 0 Å².